The van der Waals surface area contributed by atoms with Gasteiger partial charge >= 0.3 is 5.97 Å². The number of ether oxygens (including phenoxy) is 2. The number of aromatic nitrogens is 1. The molecule has 0 spiro atoms. The molecule has 0 bridgehead atoms. The summed E-state index contributed by atoms with van der Waals surface area (Å²) >= 11 is 0. The number of amides is 1. The van der Waals surface area contributed by atoms with Gasteiger partial charge in [0.2, 0.25) is 0 Å². The highest BCUT2D eigenvalue weighted by molar-refractivity contribution is 6.02. The van der Waals surface area contributed by atoms with E-state index in [4.69, 9.17) is 15.2 Å². The van der Waals surface area contributed by atoms with Gasteiger partial charge < -0.3 is 15.2 Å². The maximum atomic E-state index is 12.4. The van der Waals surface area contributed by atoms with Gasteiger partial charge in [-0.3, -0.25) is 14.5 Å². The summed E-state index contributed by atoms with van der Waals surface area (Å²) in [6.07, 6.45) is 0.384. The number of esters is 1. The van der Waals surface area contributed by atoms with Crippen molar-refractivity contribution in [2.45, 2.75) is 45.8 Å². The summed E-state index contributed by atoms with van der Waals surface area (Å²) in [4.78, 5) is 29.8. The number of fused-ring (bicyclic) bond motifs is 1. The van der Waals surface area contributed by atoms with Crippen LogP contribution in [0.5, 0.6) is 5.75 Å². The molecule has 0 fully saturated rings. The minimum Gasteiger partial charge on any atom is -0.477 e. The molecule has 0 aliphatic carbocycles. The van der Waals surface area contributed by atoms with E-state index in [2.05, 4.69) is 4.98 Å². The lowest BCUT2D eigenvalue weighted by Gasteiger charge is -2.32. The minimum absolute atomic E-state index is 0.195. The molecule has 2 rings (SSSR count). The van der Waals surface area contributed by atoms with Crippen molar-refractivity contribution in [2.75, 3.05) is 17.2 Å². The molecule has 2 N–H and O–H groups in total. The summed E-state index contributed by atoms with van der Waals surface area (Å²) in [5, 5.41) is 0. The maximum Gasteiger partial charge on any atom is 0.326 e. The second kappa shape index (κ2) is 6.64. The topological polar surface area (TPSA) is 94.8 Å². The van der Waals surface area contributed by atoms with E-state index < -0.39 is 12.1 Å². The molecule has 22 heavy (non-hydrogen) atoms. The van der Waals surface area contributed by atoms with E-state index in [0.29, 0.717) is 18.6 Å². The summed E-state index contributed by atoms with van der Waals surface area (Å²) in [5.74, 6) is 0.169. The van der Waals surface area contributed by atoms with Gasteiger partial charge in [-0.2, -0.15) is 0 Å². The van der Waals surface area contributed by atoms with Gasteiger partial charge in [-0.15, -0.1) is 0 Å². The third kappa shape index (κ3) is 3.29. The Labute approximate surface area is 129 Å². The monoisotopic (exact) mass is 307 g/mol. The van der Waals surface area contributed by atoms with Crippen molar-refractivity contribution in [2.24, 2.45) is 0 Å². The molecular formula is C15H21N3O4. The fourth-order valence-electron chi connectivity index (χ4n) is 2.10. The van der Waals surface area contributed by atoms with Crippen LogP contribution in [0.15, 0.2) is 12.1 Å². The van der Waals surface area contributed by atoms with Gasteiger partial charge in [-0.25, -0.2) is 4.98 Å². The fraction of sp³-hybridized carbons (Fsp3) is 0.533. The zero-order chi connectivity index (χ0) is 16.3. The second-order valence-corrected chi connectivity index (χ2v) is 5.21. The van der Waals surface area contributed by atoms with Gasteiger partial charge in [0.1, 0.15) is 12.4 Å². The molecule has 0 saturated heterocycles. The van der Waals surface area contributed by atoms with Crippen molar-refractivity contribution in [3.05, 3.63) is 12.1 Å². The molecule has 1 aliphatic heterocycles. The number of nitrogen functional groups attached to an aromatic ring is 1. The second-order valence-electron chi connectivity index (χ2n) is 5.21. The van der Waals surface area contributed by atoms with Crippen LogP contribution in [0.3, 0.4) is 0 Å². The SMILES string of the molecule is CCC(C)OC(=O)CN1C(=O)C(CC)Oc2ccc(N)nc21. The van der Waals surface area contributed by atoms with Crippen molar-refractivity contribution in [3.63, 3.8) is 0 Å². The average molecular weight is 307 g/mol. The van der Waals surface area contributed by atoms with Crippen LogP contribution in [-0.4, -0.2) is 35.6 Å². The lowest BCUT2D eigenvalue weighted by atomic mass is 10.2. The van der Waals surface area contributed by atoms with Crippen LogP contribution in [0.1, 0.15) is 33.6 Å². The van der Waals surface area contributed by atoms with Crippen LogP contribution in [-0.2, 0) is 14.3 Å². The van der Waals surface area contributed by atoms with Gasteiger partial charge in [-0.05, 0) is 31.9 Å². The molecule has 120 valence electrons. The number of hydrogen-bond donors (Lipinski definition) is 1. The van der Waals surface area contributed by atoms with Gasteiger partial charge in [-0.1, -0.05) is 13.8 Å². The minimum atomic E-state index is -0.630. The molecule has 0 radical (unpaired) electrons. The number of carbonyl (C=O) groups excluding carboxylic acids is 2. The summed E-state index contributed by atoms with van der Waals surface area (Å²) in [6, 6.07) is 3.25. The highest BCUT2D eigenvalue weighted by atomic mass is 16.5. The van der Waals surface area contributed by atoms with Crippen LogP contribution in [0.25, 0.3) is 0 Å². The fourth-order valence-corrected chi connectivity index (χ4v) is 2.10. The highest BCUT2D eigenvalue weighted by Crippen LogP contribution is 2.33. The van der Waals surface area contributed by atoms with Crippen LogP contribution in [0.2, 0.25) is 0 Å². The molecule has 1 amide bonds. The van der Waals surface area contributed by atoms with Crippen LogP contribution < -0.4 is 15.4 Å². The van der Waals surface area contributed by atoms with E-state index in [1.165, 1.54) is 4.90 Å². The van der Waals surface area contributed by atoms with Crippen molar-refractivity contribution >= 4 is 23.5 Å². The summed E-state index contributed by atoms with van der Waals surface area (Å²) in [5.41, 5.74) is 5.67. The number of rotatable bonds is 5. The Balaban J connectivity index is 2.26. The normalized spacial score (nSPS) is 18.4. The number of carbonyl (C=O) groups is 2. The lowest BCUT2D eigenvalue weighted by molar-refractivity contribution is -0.147. The maximum absolute atomic E-state index is 12.4. The number of hydrogen-bond acceptors (Lipinski definition) is 6. The third-order valence-corrected chi connectivity index (χ3v) is 3.49. The standard InChI is InChI=1S/C15H21N3O4/c1-4-9(3)21-13(19)8-18-14-11(6-7-12(16)17-14)22-10(5-2)15(18)20/h6-7,9-10H,4-5,8H2,1-3H3,(H2,16,17). The van der Waals surface area contributed by atoms with Crippen molar-refractivity contribution in [1.82, 2.24) is 4.98 Å². The summed E-state index contributed by atoms with van der Waals surface area (Å²) < 4.78 is 10.8. The average Bonchev–Trinajstić information content (AvgIpc) is 2.50. The molecule has 2 unspecified atom stereocenters. The molecular weight excluding hydrogens is 286 g/mol. The molecule has 0 aromatic carbocycles. The largest absolute Gasteiger partial charge is 0.477 e. The molecule has 2 atom stereocenters. The molecule has 1 aliphatic rings. The van der Waals surface area contributed by atoms with Gasteiger partial charge in [0.25, 0.3) is 5.91 Å². The Morgan fingerprint density at radius 1 is 1.50 bits per heavy atom. The van der Waals surface area contributed by atoms with Crippen LogP contribution in [0.4, 0.5) is 11.6 Å². The van der Waals surface area contributed by atoms with Crippen molar-refractivity contribution < 1.29 is 19.1 Å². The van der Waals surface area contributed by atoms with Gasteiger partial charge in [0.05, 0.1) is 6.10 Å². The Morgan fingerprint density at radius 3 is 2.86 bits per heavy atom. The van der Waals surface area contributed by atoms with Crippen molar-refractivity contribution in [3.8, 4) is 5.75 Å². The van der Waals surface area contributed by atoms with Gasteiger partial charge in [0.15, 0.2) is 17.7 Å². The molecule has 0 saturated carbocycles. The van der Waals surface area contributed by atoms with E-state index in [0.717, 1.165) is 0 Å². The van der Waals surface area contributed by atoms with E-state index in [1.807, 2.05) is 13.8 Å². The van der Waals surface area contributed by atoms with E-state index in [9.17, 15) is 9.59 Å². The zero-order valence-corrected chi connectivity index (χ0v) is 13.0. The van der Waals surface area contributed by atoms with E-state index in [1.54, 1.807) is 19.1 Å². The number of pyridine rings is 1. The van der Waals surface area contributed by atoms with Gasteiger partial charge in [0, 0.05) is 0 Å². The smallest absolute Gasteiger partial charge is 0.326 e. The Kier molecular flexibility index (Phi) is 4.85. The first kappa shape index (κ1) is 16.1. The highest BCUT2D eigenvalue weighted by Gasteiger charge is 2.36. The van der Waals surface area contributed by atoms with E-state index in [-0.39, 0.29) is 30.2 Å². The first-order valence-electron chi connectivity index (χ1n) is 7.40. The number of nitrogens with two attached hydrogens (primary N) is 1. The quantitative estimate of drug-likeness (QED) is 0.829. The Hall–Kier alpha value is -2.31. The summed E-state index contributed by atoms with van der Waals surface area (Å²) in [7, 11) is 0. The number of anilines is 2. The lowest BCUT2D eigenvalue weighted by Crippen LogP contribution is -2.48. The summed E-state index contributed by atoms with van der Waals surface area (Å²) in [6.45, 7) is 5.36. The first-order valence-corrected chi connectivity index (χ1v) is 7.40. The zero-order valence-electron chi connectivity index (χ0n) is 13.0. The predicted molar refractivity (Wildman–Crippen MR) is 81.6 cm³/mol. The molecule has 7 heteroatoms. The third-order valence-electron chi connectivity index (χ3n) is 3.49. The molecule has 1 aromatic heterocycles. The molecule has 2 heterocycles. The van der Waals surface area contributed by atoms with Crippen LogP contribution in [0, 0.1) is 0 Å². The first-order chi connectivity index (χ1) is 10.5. The Bertz CT molecular complexity index is 576. The van der Waals surface area contributed by atoms with Crippen molar-refractivity contribution in [1.29, 1.82) is 0 Å². The number of nitrogens with zero attached hydrogens (tertiary/aromatic N) is 2. The Morgan fingerprint density at radius 2 is 2.23 bits per heavy atom. The van der Waals surface area contributed by atoms with Crippen LogP contribution >= 0.6 is 0 Å². The molecule has 1 aromatic rings. The molecule has 7 nitrogen and oxygen atoms in total. The van der Waals surface area contributed by atoms with E-state index >= 15 is 0 Å². The predicted octanol–water partition coefficient (Wildman–Crippen LogP) is 1.51.